The van der Waals surface area contributed by atoms with Crippen LogP contribution < -0.4 is 30.7 Å². The molecule has 0 unspecified atom stereocenters. The van der Waals surface area contributed by atoms with Gasteiger partial charge in [0.25, 0.3) is 0 Å². The van der Waals surface area contributed by atoms with E-state index in [0.29, 0.717) is 33.4 Å². The Balaban J connectivity index is 0.000000288. The quantitative estimate of drug-likeness (QED) is 0.0804. The van der Waals surface area contributed by atoms with E-state index in [1.807, 2.05) is 0 Å². The molecule has 6 rings (SSSR count). The number of anilines is 2. The van der Waals surface area contributed by atoms with Crippen LogP contribution in [0, 0.1) is 11.6 Å². The number of carbonyl (C=O) groups is 2. The number of fused-ring (bicyclic) bond motifs is 2. The van der Waals surface area contributed by atoms with E-state index in [0.717, 1.165) is 14.2 Å². The SMILES string of the molecule is C.COc1c(NC(=O)N[C@@H]2Cc3ccc(F)cc3[C@@H]2O)cc(C(C)(C)C)cc1[C@@H](O)C(F)(F)F.COc1c(NC(=O)N[C@H]2Cc3ccc(F)cc3[C@H]2O)cc(C(C)(C)C)cc1[C@@H](O)C(F)(F)F. The highest BCUT2D eigenvalue weighted by atomic mass is 19.4. The Bertz CT molecular complexity index is 2270. The minimum absolute atomic E-state index is 0. The molecular formula is C47H56F8N4O8. The number of hydrogen-bond donors (Lipinski definition) is 8. The number of methoxy groups -OCH3 is 2. The molecule has 2 aliphatic carbocycles. The summed E-state index contributed by atoms with van der Waals surface area (Å²) >= 11 is 0. The Labute approximate surface area is 382 Å². The van der Waals surface area contributed by atoms with Gasteiger partial charge in [-0.3, -0.25) is 0 Å². The lowest BCUT2D eigenvalue weighted by molar-refractivity contribution is -0.207. The average molecular weight is 957 g/mol. The summed E-state index contributed by atoms with van der Waals surface area (Å²) in [6.45, 7) is 10.6. The maximum absolute atomic E-state index is 13.5. The third-order valence-electron chi connectivity index (χ3n) is 11.2. The molecule has 0 spiro atoms. The third kappa shape index (κ3) is 12.5. The molecule has 4 aromatic carbocycles. The van der Waals surface area contributed by atoms with Crippen molar-refractivity contribution in [3.8, 4) is 11.5 Å². The first-order valence-corrected chi connectivity index (χ1v) is 20.5. The number of rotatable bonds is 8. The molecule has 12 nitrogen and oxygen atoms in total. The van der Waals surface area contributed by atoms with Gasteiger partial charge < -0.3 is 51.2 Å². The van der Waals surface area contributed by atoms with Crippen molar-refractivity contribution < 1.29 is 74.6 Å². The zero-order chi connectivity index (χ0) is 49.4. The summed E-state index contributed by atoms with van der Waals surface area (Å²) in [7, 11) is 2.27. The number of urea groups is 2. The second kappa shape index (κ2) is 20.3. The average Bonchev–Trinajstić information content (AvgIpc) is 3.68. The first kappa shape index (κ1) is 53.9. The number of hydrogen-bond acceptors (Lipinski definition) is 8. The number of carbonyl (C=O) groups excluding carboxylic acids is 2. The summed E-state index contributed by atoms with van der Waals surface area (Å²) in [6.07, 6.45) is -17.3. The normalized spacial score (nSPS) is 18.8. The topological polar surface area (TPSA) is 182 Å². The van der Waals surface area contributed by atoms with E-state index in [2.05, 4.69) is 21.3 Å². The Morgan fingerprint density at radius 1 is 0.597 bits per heavy atom. The van der Waals surface area contributed by atoms with E-state index in [1.165, 1.54) is 60.7 Å². The lowest BCUT2D eigenvalue weighted by atomic mass is 9.84. The van der Waals surface area contributed by atoms with Gasteiger partial charge >= 0.3 is 24.4 Å². The van der Waals surface area contributed by atoms with Gasteiger partial charge in [-0.25, -0.2) is 18.4 Å². The summed E-state index contributed by atoms with van der Waals surface area (Å²) in [6, 6.07) is 10.2. The summed E-state index contributed by atoms with van der Waals surface area (Å²) in [5.41, 5.74) is 0.530. The Hall–Kier alpha value is -5.70. The maximum atomic E-state index is 13.5. The molecule has 6 atom stereocenters. The minimum Gasteiger partial charge on any atom is -0.494 e. The van der Waals surface area contributed by atoms with Gasteiger partial charge in [0, 0.05) is 11.1 Å². The number of amides is 4. The van der Waals surface area contributed by atoms with Gasteiger partial charge in [0.2, 0.25) is 0 Å². The molecule has 0 fully saturated rings. The van der Waals surface area contributed by atoms with E-state index in [1.54, 1.807) is 41.5 Å². The van der Waals surface area contributed by atoms with E-state index in [-0.39, 0.29) is 43.1 Å². The van der Waals surface area contributed by atoms with E-state index < -0.39 is 94.5 Å². The Morgan fingerprint density at radius 3 is 1.21 bits per heavy atom. The molecule has 67 heavy (non-hydrogen) atoms. The molecule has 4 amide bonds. The molecule has 0 saturated carbocycles. The standard InChI is InChI=1S/2C23H26F4N2O4.CH4/c2*1-22(2,3)12-8-15(20(31)23(25,26)27)19(33-4)17(9-12)29-21(32)28-16-7-11-5-6-13(24)10-14(11)18(16)30;/h2*5-6,8-10,16,18,20,30-31H,7H2,1-4H3,(H2,28,29,32);1H4/t16-,18+,20+;16-,18+,20-;/m01./s1. The van der Waals surface area contributed by atoms with Crippen molar-refractivity contribution >= 4 is 23.4 Å². The summed E-state index contributed by atoms with van der Waals surface area (Å²) in [5, 5.41) is 50.8. The van der Waals surface area contributed by atoms with Crippen molar-refractivity contribution in [3.05, 3.63) is 117 Å². The fraction of sp³-hybridized carbons (Fsp3) is 0.447. The van der Waals surface area contributed by atoms with Gasteiger partial charge in [0.05, 0.1) is 49.9 Å². The molecule has 0 saturated heterocycles. The van der Waals surface area contributed by atoms with Crippen LogP contribution in [0.4, 0.5) is 56.1 Å². The van der Waals surface area contributed by atoms with Crippen molar-refractivity contribution in [2.45, 2.75) is 121 Å². The van der Waals surface area contributed by atoms with Gasteiger partial charge in [-0.15, -0.1) is 0 Å². The molecule has 20 heteroatoms. The molecule has 4 aromatic rings. The Morgan fingerprint density at radius 2 is 0.925 bits per heavy atom. The second-order valence-electron chi connectivity index (χ2n) is 18.1. The largest absolute Gasteiger partial charge is 0.494 e. The summed E-state index contributed by atoms with van der Waals surface area (Å²) in [4.78, 5) is 25.4. The van der Waals surface area contributed by atoms with Gasteiger partial charge in [0.1, 0.15) is 23.1 Å². The predicted octanol–water partition coefficient (Wildman–Crippen LogP) is 9.65. The number of benzene rings is 4. The molecule has 368 valence electrons. The van der Waals surface area contributed by atoms with E-state index in [9.17, 15) is 65.1 Å². The zero-order valence-corrected chi connectivity index (χ0v) is 37.1. The van der Waals surface area contributed by atoms with Crippen molar-refractivity contribution in [3.63, 3.8) is 0 Å². The van der Waals surface area contributed by atoms with Crippen LogP contribution in [0.5, 0.6) is 11.5 Å². The van der Waals surface area contributed by atoms with Crippen LogP contribution in [-0.2, 0) is 23.7 Å². The maximum Gasteiger partial charge on any atom is 0.418 e. The van der Waals surface area contributed by atoms with Crippen LogP contribution in [0.2, 0.25) is 0 Å². The summed E-state index contributed by atoms with van der Waals surface area (Å²) in [5.74, 6) is -1.70. The van der Waals surface area contributed by atoms with Crippen molar-refractivity contribution in [2.24, 2.45) is 0 Å². The fourth-order valence-corrected chi connectivity index (χ4v) is 7.67. The molecule has 2 aliphatic rings. The number of halogens is 8. The van der Waals surface area contributed by atoms with Gasteiger partial charge in [-0.05, 0) is 106 Å². The second-order valence-corrected chi connectivity index (χ2v) is 18.1. The number of aliphatic hydroxyl groups excluding tert-OH is 4. The van der Waals surface area contributed by atoms with Crippen molar-refractivity contribution in [1.82, 2.24) is 10.6 Å². The number of aliphatic hydroxyl groups is 4. The highest BCUT2D eigenvalue weighted by Crippen LogP contribution is 2.45. The van der Waals surface area contributed by atoms with Gasteiger partial charge in [0.15, 0.2) is 12.2 Å². The molecule has 0 aromatic heterocycles. The lowest BCUT2D eigenvalue weighted by Gasteiger charge is -2.26. The van der Waals surface area contributed by atoms with Gasteiger partial charge in [-0.2, -0.15) is 26.3 Å². The molecule has 0 aliphatic heterocycles. The van der Waals surface area contributed by atoms with E-state index >= 15 is 0 Å². The van der Waals surface area contributed by atoms with Crippen LogP contribution >= 0.6 is 0 Å². The van der Waals surface area contributed by atoms with Crippen LogP contribution in [-0.4, -0.2) is 71.1 Å². The Kier molecular flexibility index (Phi) is 16.3. The number of nitrogens with one attached hydrogen (secondary N) is 4. The highest BCUT2D eigenvalue weighted by molar-refractivity contribution is 5.93. The zero-order valence-electron chi connectivity index (χ0n) is 37.1. The first-order valence-electron chi connectivity index (χ1n) is 20.5. The summed E-state index contributed by atoms with van der Waals surface area (Å²) < 4.78 is 117. The predicted molar refractivity (Wildman–Crippen MR) is 234 cm³/mol. The molecular weight excluding hydrogens is 901 g/mol. The van der Waals surface area contributed by atoms with Crippen LogP contribution in [0.1, 0.15) is 118 Å². The minimum atomic E-state index is -4.95. The number of ether oxygens (including phenoxy) is 2. The van der Waals surface area contributed by atoms with Crippen LogP contribution in [0.25, 0.3) is 0 Å². The third-order valence-corrected chi connectivity index (χ3v) is 11.2. The van der Waals surface area contributed by atoms with Gasteiger partial charge in [-0.1, -0.05) is 61.1 Å². The van der Waals surface area contributed by atoms with Crippen LogP contribution in [0.15, 0.2) is 60.7 Å². The molecule has 8 N–H and O–H groups in total. The molecule has 0 heterocycles. The highest BCUT2D eigenvalue weighted by Gasteiger charge is 2.44. The molecule has 0 radical (unpaired) electrons. The van der Waals surface area contributed by atoms with E-state index in [4.69, 9.17) is 9.47 Å². The molecule has 0 bridgehead atoms. The van der Waals surface area contributed by atoms with Crippen molar-refractivity contribution in [2.75, 3.05) is 24.9 Å². The van der Waals surface area contributed by atoms with Crippen molar-refractivity contribution in [1.29, 1.82) is 0 Å². The smallest absolute Gasteiger partial charge is 0.418 e. The van der Waals surface area contributed by atoms with Crippen LogP contribution in [0.3, 0.4) is 0 Å². The fourth-order valence-electron chi connectivity index (χ4n) is 7.67. The lowest BCUT2D eigenvalue weighted by Crippen LogP contribution is -2.40. The monoisotopic (exact) mass is 956 g/mol. The number of alkyl halides is 6. The first-order chi connectivity index (χ1) is 30.4.